The van der Waals surface area contributed by atoms with E-state index in [1.165, 1.54) is 0 Å². The van der Waals surface area contributed by atoms with Crippen molar-refractivity contribution in [2.45, 2.75) is 38.5 Å². The molecule has 0 aromatic rings. The Hall–Kier alpha value is -1.06. The third-order valence-corrected chi connectivity index (χ3v) is 1.58. The number of hydrazone groups is 1. The third kappa shape index (κ3) is 8.94. The van der Waals surface area contributed by atoms with E-state index >= 15 is 0 Å². The summed E-state index contributed by atoms with van der Waals surface area (Å²) in [6.07, 6.45) is 6.70. The molecular weight excluding hydrogens is 156 g/mol. The number of carboxylic acids is 1. The van der Waals surface area contributed by atoms with Gasteiger partial charge in [-0.15, -0.1) is 0 Å². The van der Waals surface area contributed by atoms with E-state index in [1.807, 2.05) is 0 Å². The molecule has 4 heteroatoms. The van der Waals surface area contributed by atoms with Gasteiger partial charge in [-0.2, -0.15) is 5.10 Å². The highest BCUT2D eigenvalue weighted by atomic mass is 16.4. The number of aliphatic carboxylic acids is 1. The fourth-order valence-electron chi connectivity index (χ4n) is 0.940. The van der Waals surface area contributed by atoms with Crippen LogP contribution in [0.15, 0.2) is 5.10 Å². The van der Waals surface area contributed by atoms with Gasteiger partial charge in [-0.25, -0.2) is 0 Å². The Kier molecular flexibility index (Phi) is 7.33. The molecule has 0 bridgehead atoms. The maximum atomic E-state index is 10.1. The average Bonchev–Trinajstić information content (AvgIpc) is 2.02. The summed E-state index contributed by atoms with van der Waals surface area (Å²) < 4.78 is 0. The summed E-state index contributed by atoms with van der Waals surface area (Å²) in [6, 6.07) is 0. The molecule has 0 atom stereocenters. The average molecular weight is 172 g/mol. The zero-order chi connectivity index (χ0) is 9.23. The summed E-state index contributed by atoms with van der Waals surface area (Å²) in [5, 5.41) is 11.7. The largest absolute Gasteiger partial charge is 0.481 e. The first kappa shape index (κ1) is 10.9. The second kappa shape index (κ2) is 8.04. The van der Waals surface area contributed by atoms with Gasteiger partial charge in [0.25, 0.3) is 0 Å². The van der Waals surface area contributed by atoms with E-state index in [0.717, 1.165) is 32.1 Å². The van der Waals surface area contributed by atoms with Gasteiger partial charge in [0.2, 0.25) is 0 Å². The fourth-order valence-corrected chi connectivity index (χ4v) is 0.940. The minimum Gasteiger partial charge on any atom is -0.481 e. The van der Waals surface area contributed by atoms with Crippen LogP contribution in [0.2, 0.25) is 0 Å². The molecule has 0 heterocycles. The van der Waals surface area contributed by atoms with Crippen LogP contribution in [0.5, 0.6) is 0 Å². The minimum absolute atomic E-state index is 0.283. The molecule has 0 aromatic carbocycles. The zero-order valence-corrected chi connectivity index (χ0v) is 7.20. The Balaban J connectivity index is 2.96. The normalized spacial score (nSPS) is 10.7. The highest BCUT2D eigenvalue weighted by Crippen LogP contribution is 2.03. The van der Waals surface area contributed by atoms with Crippen molar-refractivity contribution in [2.24, 2.45) is 10.9 Å². The molecule has 0 saturated carbocycles. The molecule has 0 unspecified atom stereocenters. The minimum atomic E-state index is -0.710. The Bertz CT molecular complexity index is 146. The van der Waals surface area contributed by atoms with Crippen molar-refractivity contribution in [1.29, 1.82) is 0 Å². The second-order valence-corrected chi connectivity index (χ2v) is 2.68. The molecule has 0 aromatic heterocycles. The molecule has 4 nitrogen and oxygen atoms in total. The summed E-state index contributed by atoms with van der Waals surface area (Å²) in [7, 11) is 0. The Morgan fingerprint density at radius 1 is 1.33 bits per heavy atom. The van der Waals surface area contributed by atoms with Crippen LogP contribution < -0.4 is 5.84 Å². The van der Waals surface area contributed by atoms with E-state index in [9.17, 15) is 4.79 Å². The number of hydrogen-bond donors (Lipinski definition) is 2. The van der Waals surface area contributed by atoms with Gasteiger partial charge in [0.05, 0.1) is 0 Å². The molecule has 0 spiro atoms. The van der Waals surface area contributed by atoms with E-state index in [2.05, 4.69) is 5.10 Å². The number of nitrogens with two attached hydrogens (primary N) is 1. The van der Waals surface area contributed by atoms with E-state index < -0.39 is 5.97 Å². The summed E-state index contributed by atoms with van der Waals surface area (Å²) in [5.74, 6) is 4.19. The van der Waals surface area contributed by atoms with Crippen LogP contribution in [0.1, 0.15) is 38.5 Å². The number of nitrogens with zero attached hydrogens (tertiary/aromatic N) is 1. The highest BCUT2D eigenvalue weighted by Gasteiger charge is 1.95. The van der Waals surface area contributed by atoms with Crippen LogP contribution in [0.3, 0.4) is 0 Å². The molecule has 0 radical (unpaired) electrons. The predicted molar refractivity (Wildman–Crippen MR) is 48.0 cm³/mol. The lowest BCUT2D eigenvalue weighted by atomic mass is 10.1. The lowest BCUT2D eigenvalue weighted by Crippen LogP contribution is -1.93. The van der Waals surface area contributed by atoms with Crippen molar-refractivity contribution in [3.63, 3.8) is 0 Å². The van der Waals surface area contributed by atoms with Crippen LogP contribution in [0.4, 0.5) is 0 Å². The molecule has 0 aliphatic carbocycles. The molecule has 0 fully saturated rings. The van der Waals surface area contributed by atoms with Gasteiger partial charge in [0, 0.05) is 12.6 Å². The van der Waals surface area contributed by atoms with Gasteiger partial charge < -0.3 is 10.9 Å². The first-order chi connectivity index (χ1) is 5.77. The summed E-state index contributed by atoms with van der Waals surface area (Å²) in [4.78, 5) is 10.1. The molecular formula is C8H16N2O2. The van der Waals surface area contributed by atoms with Crippen LogP contribution >= 0.6 is 0 Å². The van der Waals surface area contributed by atoms with Crippen molar-refractivity contribution < 1.29 is 9.90 Å². The van der Waals surface area contributed by atoms with E-state index in [0.29, 0.717) is 0 Å². The molecule has 0 saturated heterocycles. The summed E-state index contributed by atoms with van der Waals surface area (Å²) in [6.45, 7) is 0. The number of rotatable bonds is 7. The highest BCUT2D eigenvalue weighted by molar-refractivity contribution is 5.66. The van der Waals surface area contributed by atoms with Crippen molar-refractivity contribution in [3.05, 3.63) is 0 Å². The number of hydrogen-bond acceptors (Lipinski definition) is 3. The maximum Gasteiger partial charge on any atom is 0.303 e. The first-order valence-corrected chi connectivity index (χ1v) is 4.21. The van der Waals surface area contributed by atoms with Crippen molar-refractivity contribution in [3.8, 4) is 0 Å². The molecule has 0 aliphatic heterocycles. The Morgan fingerprint density at radius 3 is 2.58 bits per heavy atom. The lowest BCUT2D eigenvalue weighted by molar-refractivity contribution is -0.137. The SMILES string of the molecule is NN=CCCCCCCC(=O)O. The van der Waals surface area contributed by atoms with Crippen LogP contribution in [-0.2, 0) is 4.79 Å². The summed E-state index contributed by atoms with van der Waals surface area (Å²) in [5.41, 5.74) is 0. The number of carbonyl (C=O) groups is 1. The van der Waals surface area contributed by atoms with Crippen LogP contribution in [-0.4, -0.2) is 17.3 Å². The van der Waals surface area contributed by atoms with E-state index in [1.54, 1.807) is 6.21 Å². The molecule has 70 valence electrons. The number of unbranched alkanes of at least 4 members (excludes halogenated alkanes) is 4. The van der Waals surface area contributed by atoms with Gasteiger partial charge in [0.15, 0.2) is 0 Å². The molecule has 0 aliphatic rings. The zero-order valence-electron chi connectivity index (χ0n) is 7.20. The van der Waals surface area contributed by atoms with Crippen LogP contribution in [0, 0.1) is 0 Å². The van der Waals surface area contributed by atoms with Gasteiger partial charge in [-0.1, -0.05) is 12.8 Å². The van der Waals surface area contributed by atoms with Gasteiger partial charge in [-0.05, 0) is 19.3 Å². The molecule has 0 rings (SSSR count). The molecule has 3 N–H and O–H groups in total. The van der Waals surface area contributed by atoms with Crippen molar-refractivity contribution >= 4 is 12.2 Å². The quantitative estimate of drug-likeness (QED) is 0.263. The second-order valence-electron chi connectivity index (χ2n) is 2.68. The topological polar surface area (TPSA) is 75.7 Å². The van der Waals surface area contributed by atoms with Crippen molar-refractivity contribution in [1.82, 2.24) is 0 Å². The van der Waals surface area contributed by atoms with E-state index in [-0.39, 0.29) is 6.42 Å². The first-order valence-electron chi connectivity index (χ1n) is 4.21. The third-order valence-electron chi connectivity index (χ3n) is 1.58. The molecule has 12 heavy (non-hydrogen) atoms. The summed E-state index contributed by atoms with van der Waals surface area (Å²) >= 11 is 0. The smallest absolute Gasteiger partial charge is 0.303 e. The Morgan fingerprint density at radius 2 is 2.00 bits per heavy atom. The Labute approximate surface area is 72.5 Å². The fraction of sp³-hybridized carbons (Fsp3) is 0.750. The maximum absolute atomic E-state index is 10.1. The lowest BCUT2D eigenvalue weighted by Gasteiger charge is -1.95. The van der Waals surface area contributed by atoms with Gasteiger partial charge in [0.1, 0.15) is 0 Å². The monoisotopic (exact) mass is 172 g/mol. The molecule has 0 amide bonds. The van der Waals surface area contributed by atoms with Gasteiger partial charge >= 0.3 is 5.97 Å². The van der Waals surface area contributed by atoms with Gasteiger partial charge in [-0.3, -0.25) is 4.79 Å². The van der Waals surface area contributed by atoms with Crippen molar-refractivity contribution in [2.75, 3.05) is 0 Å². The number of carboxylic acid groups (broad SMARTS) is 1. The standard InChI is InChI=1S/C8H16N2O2/c9-10-7-5-3-1-2-4-6-8(11)12/h7H,1-6,9H2,(H,11,12). The predicted octanol–water partition coefficient (Wildman–Crippen LogP) is 1.36. The van der Waals surface area contributed by atoms with Crippen LogP contribution in [0.25, 0.3) is 0 Å². The van der Waals surface area contributed by atoms with E-state index in [4.69, 9.17) is 10.9 Å².